The van der Waals surface area contributed by atoms with E-state index in [2.05, 4.69) is 45.9 Å². The monoisotopic (exact) mass is 180 g/mol. The van der Waals surface area contributed by atoms with Gasteiger partial charge in [-0.15, -0.1) is 5.56 Å². The van der Waals surface area contributed by atoms with Crippen LogP contribution in [0.15, 0.2) is 18.2 Å². The Kier molecular flexibility index (Phi) is 2.92. The van der Waals surface area contributed by atoms with Crippen LogP contribution in [-0.4, -0.2) is 0 Å². The van der Waals surface area contributed by atoms with Gasteiger partial charge in [-0.1, -0.05) is 33.1 Å². The van der Waals surface area contributed by atoms with E-state index >= 15 is 0 Å². The summed E-state index contributed by atoms with van der Waals surface area (Å²) in [5.41, 5.74) is 3.54. The molecule has 0 N–H and O–H groups in total. The second-order valence-corrected chi connectivity index (χ2v) is 5.40. The molecule has 0 nitrogen and oxygen atoms in total. The molecule has 2 rings (SSSR count). The van der Waals surface area contributed by atoms with E-state index in [1.165, 1.54) is 17.5 Å². The summed E-state index contributed by atoms with van der Waals surface area (Å²) in [4.78, 5) is 0. The number of hydrogen-bond donors (Lipinski definition) is 0. The average Bonchev–Trinajstić information content (AvgIpc) is 2.20. The number of rotatable bonds is 0. The molecular weight excluding hydrogens is 163 g/mol. The van der Waals surface area contributed by atoms with E-state index in [-0.39, 0.29) is 18.9 Å². The van der Waals surface area contributed by atoms with E-state index in [1.807, 2.05) is 6.07 Å². The van der Waals surface area contributed by atoms with Gasteiger partial charge in [-0.3, -0.25) is 0 Å². The minimum atomic E-state index is 0. The molecule has 0 bridgehead atoms. The molecule has 70 valence electrons. The molecule has 1 heteroatoms. The van der Waals surface area contributed by atoms with Gasteiger partial charge in [0.15, 0.2) is 0 Å². The summed E-state index contributed by atoms with van der Waals surface area (Å²) >= 11 is 0. The molecule has 0 fully saturated rings. The fourth-order valence-corrected chi connectivity index (χ4v) is 2.85. The summed E-state index contributed by atoms with van der Waals surface area (Å²) in [7, 11) is 0. The van der Waals surface area contributed by atoms with Gasteiger partial charge in [-0.05, 0) is 11.8 Å². The molecule has 1 aliphatic carbocycles. The van der Waals surface area contributed by atoms with Gasteiger partial charge in [0.2, 0.25) is 0 Å². The Bertz CT molecular complexity index is 304. The van der Waals surface area contributed by atoms with Crippen LogP contribution in [0.1, 0.15) is 45.2 Å². The van der Waals surface area contributed by atoms with Gasteiger partial charge < -0.3 is 0 Å². The van der Waals surface area contributed by atoms with Crippen LogP contribution in [0.3, 0.4) is 0 Å². The zero-order chi connectivity index (χ0) is 9.69. The van der Waals surface area contributed by atoms with E-state index in [4.69, 9.17) is 0 Å². The van der Waals surface area contributed by atoms with Crippen molar-refractivity contribution in [1.29, 1.82) is 0 Å². The molecule has 0 unspecified atom stereocenters. The Morgan fingerprint density at radius 2 is 1.79 bits per heavy atom. The van der Waals surface area contributed by atoms with Crippen molar-refractivity contribution in [1.82, 2.24) is 0 Å². The molecule has 0 atom stereocenters. The summed E-state index contributed by atoms with van der Waals surface area (Å²) in [6, 6.07) is 9.77. The van der Waals surface area contributed by atoms with Crippen molar-refractivity contribution >= 4 is 0 Å². The van der Waals surface area contributed by atoms with E-state index in [1.54, 1.807) is 0 Å². The summed E-state index contributed by atoms with van der Waals surface area (Å²) < 4.78 is 0. The van der Waals surface area contributed by atoms with Gasteiger partial charge in [-0.2, -0.15) is 29.8 Å². The maximum atomic E-state index is 3.39. The van der Waals surface area contributed by atoms with Crippen molar-refractivity contribution in [2.45, 2.75) is 44.9 Å². The van der Waals surface area contributed by atoms with Crippen molar-refractivity contribution in [3.63, 3.8) is 0 Å². The van der Waals surface area contributed by atoms with Crippen molar-refractivity contribution in [3.8, 4) is 0 Å². The van der Waals surface area contributed by atoms with Crippen LogP contribution in [-0.2, 0) is 10.8 Å². The van der Waals surface area contributed by atoms with Crippen LogP contribution >= 0.6 is 0 Å². The maximum absolute atomic E-state index is 3.39. The fraction of sp³-hybridized carbons (Fsp3) is 0.538. The second kappa shape index (κ2) is 3.44. The predicted octanol–water partition coefficient (Wildman–Crippen LogP) is 0.450. The maximum Gasteiger partial charge on any atom is 1.00 e. The van der Waals surface area contributed by atoms with Gasteiger partial charge in [-0.25, -0.2) is 0 Å². The summed E-state index contributed by atoms with van der Waals surface area (Å²) in [6.45, 7) is 9.29. The summed E-state index contributed by atoms with van der Waals surface area (Å²) in [5.74, 6) is 0. The molecule has 0 aliphatic heterocycles. The van der Waals surface area contributed by atoms with Crippen LogP contribution in [0.5, 0.6) is 0 Å². The van der Waals surface area contributed by atoms with Crippen molar-refractivity contribution in [2.24, 2.45) is 0 Å². The molecule has 14 heavy (non-hydrogen) atoms. The Balaban J connectivity index is 0.000000980. The standard InChI is InChI=1S/C13H17.Li/c1-12(2)9-13(3,4)11-8-6-5-7-10(11)12;/h5-7H,9H2,1-4H3;/q-1;+1. The Morgan fingerprint density at radius 1 is 1.14 bits per heavy atom. The minimum absolute atomic E-state index is 0. The number of hydrogen-bond acceptors (Lipinski definition) is 0. The molecule has 0 amide bonds. The molecule has 0 saturated heterocycles. The zero-order valence-corrected chi connectivity index (χ0v) is 9.94. The molecule has 1 aliphatic rings. The first-order valence-corrected chi connectivity index (χ1v) is 4.95. The number of benzene rings is 1. The van der Waals surface area contributed by atoms with Crippen LogP contribution < -0.4 is 18.9 Å². The minimum Gasteiger partial charge on any atom is -0.180 e. The van der Waals surface area contributed by atoms with Crippen LogP contribution in [0, 0.1) is 6.07 Å². The molecule has 0 heterocycles. The van der Waals surface area contributed by atoms with E-state index in [0.29, 0.717) is 10.8 Å². The van der Waals surface area contributed by atoms with Crippen molar-refractivity contribution in [3.05, 3.63) is 35.4 Å². The first-order valence-electron chi connectivity index (χ1n) is 4.95. The van der Waals surface area contributed by atoms with Gasteiger partial charge in [0, 0.05) is 0 Å². The molecular formula is C13H17Li. The van der Waals surface area contributed by atoms with E-state index in [9.17, 15) is 0 Å². The quantitative estimate of drug-likeness (QED) is 0.402. The van der Waals surface area contributed by atoms with Crippen LogP contribution in [0.25, 0.3) is 0 Å². The third-order valence-corrected chi connectivity index (χ3v) is 3.15. The number of fused-ring (bicyclic) bond motifs is 1. The first-order chi connectivity index (χ1) is 5.93. The molecule has 1 aromatic carbocycles. The largest absolute Gasteiger partial charge is 1.00 e. The molecule has 0 aromatic heterocycles. The third kappa shape index (κ3) is 1.67. The van der Waals surface area contributed by atoms with Crippen LogP contribution in [0.4, 0.5) is 0 Å². The second-order valence-electron chi connectivity index (χ2n) is 5.40. The summed E-state index contributed by atoms with van der Waals surface area (Å²) in [6.07, 6.45) is 1.23. The van der Waals surface area contributed by atoms with Gasteiger partial charge in [0.1, 0.15) is 0 Å². The first kappa shape index (κ1) is 11.9. The van der Waals surface area contributed by atoms with Gasteiger partial charge >= 0.3 is 18.9 Å². The molecule has 1 aromatic rings. The third-order valence-electron chi connectivity index (χ3n) is 3.15. The van der Waals surface area contributed by atoms with Crippen LogP contribution in [0.2, 0.25) is 0 Å². The zero-order valence-electron chi connectivity index (χ0n) is 9.94. The molecule has 0 radical (unpaired) electrons. The van der Waals surface area contributed by atoms with E-state index in [0.717, 1.165) is 0 Å². The van der Waals surface area contributed by atoms with Gasteiger partial charge in [0.25, 0.3) is 0 Å². The topological polar surface area (TPSA) is 0 Å². The predicted molar refractivity (Wildman–Crippen MR) is 55.9 cm³/mol. The normalized spacial score (nSPS) is 21.1. The summed E-state index contributed by atoms with van der Waals surface area (Å²) in [5, 5.41) is 0. The SMILES string of the molecule is CC1(C)CC(C)(C)c2ccc[c-]c21.[Li+]. The van der Waals surface area contributed by atoms with E-state index < -0.39 is 0 Å². The Hall–Kier alpha value is -0.183. The van der Waals surface area contributed by atoms with Gasteiger partial charge in [0.05, 0.1) is 0 Å². The van der Waals surface area contributed by atoms with Crippen molar-refractivity contribution < 1.29 is 18.9 Å². The van der Waals surface area contributed by atoms with Crippen molar-refractivity contribution in [2.75, 3.05) is 0 Å². The Labute approximate surface area is 99.3 Å². The average molecular weight is 180 g/mol. The smallest absolute Gasteiger partial charge is 0.180 e. The molecule has 0 saturated carbocycles. The fourth-order valence-electron chi connectivity index (χ4n) is 2.85. The molecule has 0 spiro atoms. The Morgan fingerprint density at radius 3 is 2.36 bits per heavy atom.